The predicted molar refractivity (Wildman–Crippen MR) is 48.2 cm³/mol. The van der Waals surface area contributed by atoms with Gasteiger partial charge in [-0.15, -0.1) is 0 Å². The number of carbonyl (C=O) groups excluding carboxylic acids is 4. The van der Waals surface area contributed by atoms with Crippen LogP contribution < -0.4 is 0 Å². The summed E-state index contributed by atoms with van der Waals surface area (Å²) in [7, 11) is 0. The van der Waals surface area contributed by atoms with E-state index in [1.54, 1.807) is 0 Å². The lowest BCUT2D eigenvalue weighted by molar-refractivity contribution is -0.202. The summed E-state index contributed by atoms with van der Waals surface area (Å²) >= 11 is 0. The fourth-order valence-electron chi connectivity index (χ4n) is 0.802. The second-order valence-corrected chi connectivity index (χ2v) is 3.37. The summed E-state index contributed by atoms with van der Waals surface area (Å²) in [5, 5.41) is 0. The van der Waals surface area contributed by atoms with Gasteiger partial charge >= 0.3 is 36.2 Å². The minimum absolute atomic E-state index is 0.575. The third kappa shape index (κ3) is 7.89. The molecule has 0 rings (SSSR count). The molecule has 0 aromatic rings. The van der Waals surface area contributed by atoms with Crippen molar-refractivity contribution in [2.45, 2.75) is 31.6 Å². The van der Waals surface area contributed by atoms with Gasteiger partial charge in [0.2, 0.25) is 0 Å². The van der Waals surface area contributed by atoms with E-state index in [1.807, 2.05) is 0 Å². The summed E-state index contributed by atoms with van der Waals surface area (Å²) in [6, 6.07) is 0. The molecule has 0 saturated carbocycles. The Morgan fingerprint density at radius 1 is 0.667 bits per heavy atom. The average Bonchev–Trinajstić information content (AvgIpc) is 2.25. The van der Waals surface area contributed by atoms with Crippen LogP contribution in [0.4, 0.5) is 26.3 Å². The average molecular weight is 324 g/mol. The van der Waals surface area contributed by atoms with Crippen molar-refractivity contribution in [2.75, 3.05) is 0 Å². The third-order valence-corrected chi connectivity index (χ3v) is 1.64. The number of rotatable bonds is 4. The van der Waals surface area contributed by atoms with Crippen molar-refractivity contribution in [2.24, 2.45) is 0 Å². The van der Waals surface area contributed by atoms with Gasteiger partial charge in [0.05, 0.1) is 0 Å². The summed E-state index contributed by atoms with van der Waals surface area (Å²) < 4.78 is 76.7. The molecule has 21 heavy (non-hydrogen) atoms. The summed E-state index contributed by atoms with van der Waals surface area (Å²) in [6.45, 7) is 0. The first-order valence-electron chi connectivity index (χ1n) is 4.97. The van der Waals surface area contributed by atoms with E-state index in [0.717, 1.165) is 0 Å². The zero-order valence-corrected chi connectivity index (χ0v) is 9.84. The van der Waals surface area contributed by atoms with Crippen LogP contribution in [0.15, 0.2) is 0 Å². The minimum Gasteiger partial charge on any atom is -0.386 e. The number of esters is 4. The summed E-state index contributed by atoms with van der Waals surface area (Å²) in [6.07, 6.45) is -13.1. The molecule has 6 nitrogen and oxygen atoms in total. The normalized spacial score (nSPS) is 11.7. The standard InChI is InChI=1S/C9H6F6O6/c10-8(11,12)6(18)20-4(16)2-1-3-5(17)21-7(19)9(13,14)15/h1-3H2. The van der Waals surface area contributed by atoms with Crippen LogP contribution in [0.1, 0.15) is 19.3 Å². The van der Waals surface area contributed by atoms with Crippen molar-refractivity contribution in [3.05, 3.63) is 0 Å². The van der Waals surface area contributed by atoms with Gasteiger partial charge in [-0.25, -0.2) is 9.59 Å². The summed E-state index contributed by atoms with van der Waals surface area (Å²) in [5.74, 6) is -8.79. The van der Waals surface area contributed by atoms with E-state index in [9.17, 15) is 45.5 Å². The number of alkyl halides is 6. The first-order chi connectivity index (χ1) is 9.34. The molecule has 0 aliphatic rings. The Morgan fingerprint density at radius 3 is 1.19 bits per heavy atom. The Hall–Kier alpha value is -2.14. The number of ether oxygens (including phenoxy) is 2. The van der Waals surface area contributed by atoms with E-state index in [-0.39, 0.29) is 0 Å². The van der Waals surface area contributed by atoms with Gasteiger partial charge in [-0.05, 0) is 6.42 Å². The molecule has 0 fully saturated rings. The Balaban J connectivity index is 4.05. The van der Waals surface area contributed by atoms with Crippen LogP contribution in [0.5, 0.6) is 0 Å². The lowest BCUT2D eigenvalue weighted by Gasteiger charge is -2.06. The topological polar surface area (TPSA) is 86.7 Å². The van der Waals surface area contributed by atoms with Crippen molar-refractivity contribution in [1.82, 2.24) is 0 Å². The molecule has 0 radical (unpaired) electrons. The van der Waals surface area contributed by atoms with Crippen molar-refractivity contribution in [1.29, 1.82) is 0 Å². The van der Waals surface area contributed by atoms with E-state index < -0.39 is 55.5 Å². The number of hydrogen-bond donors (Lipinski definition) is 0. The molecule has 0 aliphatic carbocycles. The van der Waals surface area contributed by atoms with Crippen molar-refractivity contribution >= 4 is 23.9 Å². The van der Waals surface area contributed by atoms with E-state index in [0.29, 0.717) is 0 Å². The molecular formula is C9H6F6O6. The molecule has 0 aromatic carbocycles. The predicted octanol–water partition coefficient (Wildman–Crippen LogP) is 1.42. The van der Waals surface area contributed by atoms with Crippen molar-refractivity contribution < 1.29 is 55.0 Å². The molecule has 0 N–H and O–H groups in total. The fraction of sp³-hybridized carbons (Fsp3) is 0.556. The Labute approximate surface area is 112 Å². The van der Waals surface area contributed by atoms with E-state index in [4.69, 9.17) is 0 Å². The number of carbonyl (C=O) groups is 4. The quantitative estimate of drug-likeness (QED) is 0.442. The first kappa shape index (κ1) is 18.9. The third-order valence-electron chi connectivity index (χ3n) is 1.64. The molecule has 0 heterocycles. The van der Waals surface area contributed by atoms with Crippen molar-refractivity contribution in [3.63, 3.8) is 0 Å². The van der Waals surface area contributed by atoms with Gasteiger partial charge in [-0.3, -0.25) is 9.59 Å². The van der Waals surface area contributed by atoms with Crippen LogP contribution in [0.2, 0.25) is 0 Å². The highest BCUT2D eigenvalue weighted by atomic mass is 19.4. The van der Waals surface area contributed by atoms with Gasteiger partial charge in [-0.2, -0.15) is 26.3 Å². The summed E-state index contributed by atoms with van der Waals surface area (Å²) in [4.78, 5) is 41.8. The Kier molecular flexibility index (Phi) is 6.32. The van der Waals surface area contributed by atoms with Crippen LogP contribution in [-0.4, -0.2) is 36.2 Å². The van der Waals surface area contributed by atoms with E-state index >= 15 is 0 Å². The lowest BCUT2D eigenvalue weighted by atomic mass is 10.2. The number of hydrogen-bond acceptors (Lipinski definition) is 6. The van der Waals surface area contributed by atoms with Gasteiger partial charge in [0.25, 0.3) is 0 Å². The molecule has 0 atom stereocenters. The van der Waals surface area contributed by atoms with Crippen molar-refractivity contribution in [3.8, 4) is 0 Å². The van der Waals surface area contributed by atoms with Gasteiger partial charge in [0, 0.05) is 12.8 Å². The zero-order valence-electron chi connectivity index (χ0n) is 9.84. The molecule has 0 saturated heterocycles. The molecule has 0 bridgehead atoms. The minimum atomic E-state index is -5.38. The highest BCUT2D eigenvalue weighted by Gasteiger charge is 2.43. The maximum Gasteiger partial charge on any atom is 0.491 e. The van der Waals surface area contributed by atoms with Crippen LogP contribution in [0.3, 0.4) is 0 Å². The Morgan fingerprint density at radius 2 is 0.952 bits per heavy atom. The molecule has 0 amide bonds. The molecule has 0 aliphatic heterocycles. The summed E-state index contributed by atoms with van der Waals surface area (Å²) in [5.41, 5.74) is 0. The molecule has 12 heteroatoms. The van der Waals surface area contributed by atoms with Crippen LogP contribution in [0.25, 0.3) is 0 Å². The Bertz CT molecular complexity index is 397. The molecular weight excluding hydrogens is 318 g/mol. The maximum absolute atomic E-state index is 11.7. The highest BCUT2D eigenvalue weighted by molar-refractivity contribution is 5.89. The van der Waals surface area contributed by atoms with Gasteiger partial charge in [0.1, 0.15) is 0 Å². The van der Waals surface area contributed by atoms with Gasteiger partial charge in [-0.1, -0.05) is 0 Å². The first-order valence-corrected chi connectivity index (χ1v) is 4.97. The zero-order chi connectivity index (χ0) is 16.8. The van der Waals surface area contributed by atoms with Gasteiger partial charge < -0.3 is 9.47 Å². The lowest BCUT2D eigenvalue weighted by Crippen LogP contribution is -2.28. The second-order valence-electron chi connectivity index (χ2n) is 3.37. The number of halogens is 6. The SMILES string of the molecule is O=C(CCCC(=O)OC(=O)C(F)(F)F)OC(=O)C(F)(F)F. The van der Waals surface area contributed by atoms with Crippen LogP contribution in [0, 0.1) is 0 Å². The smallest absolute Gasteiger partial charge is 0.386 e. The molecule has 0 spiro atoms. The maximum atomic E-state index is 11.7. The second kappa shape index (κ2) is 7.04. The molecule has 120 valence electrons. The monoisotopic (exact) mass is 324 g/mol. The van der Waals surface area contributed by atoms with Gasteiger partial charge in [0.15, 0.2) is 0 Å². The molecule has 0 unspecified atom stereocenters. The van der Waals surface area contributed by atoms with Crippen LogP contribution in [-0.2, 0) is 28.7 Å². The fourth-order valence-corrected chi connectivity index (χ4v) is 0.802. The van der Waals surface area contributed by atoms with E-state index in [1.165, 1.54) is 0 Å². The highest BCUT2D eigenvalue weighted by Crippen LogP contribution is 2.18. The van der Waals surface area contributed by atoms with Crippen LogP contribution >= 0.6 is 0 Å². The molecule has 0 aromatic heterocycles. The van der Waals surface area contributed by atoms with E-state index in [2.05, 4.69) is 9.47 Å². The largest absolute Gasteiger partial charge is 0.491 e.